The smallest absolute Gasteiger partial charge is 0.257 e. The van der Waals surface area contributed by atoms with Gasteiger partial charge in [0.2, 0.25) is 0 Å². The third-order valence-corrected chi connectivity index (χ3v) is 3.15. The number of benzene rings is 1. The van der Waals surface area contributed by atoms with Crippen molar-refractivity contribution in [1.29, 1.82) is 0 Å². The van der Waals surface area contributed by atoms with E-state index < -0.39 is 0 Å². The molecule has 1 aromatic carbocycles. The second kappa shape index (κ2) is 4.25. The van der Waals surface area contributed by atoms with Crippen LogP contribution in [0.4, 0.5) is 4.39 Å². The molecule has 0 aliphatic carbocycles. The molecule has 0 saturated carbocycles. The fourth-order valence-corrected chi connectivity index (χ4v) is 1.97. The number of halogens is 1. The molecule has 1 saturated heterocycles. The molecule has 0 bridgehead atoms. The molecule has 1 fully saturated rings. The van der Waals surface area contributed by atoms with Crippen molar-refractivity contribution >= 4 is 5.91 Å². The van der Waals surface area contributed by atoms with Crippen molar-refractivity contribution in [3.63, 3.8) is 0 Å². The standard InChI is InChI=1S/C13H12FN3O/c14-10-4-2-9(3-5-10)12-11(8-15-16-12)13(18)17-6-1-7-17/h2-5,8H,1,6-7H2,(H,15,16). The van der Waals surface area contributed by atoms with Gasteiger partial charge in [0.25, 0.3) is 5.91 Å². The van der Waals surface area contributed by atoms with Crippen molar-refractivity contribution in [1.82, 2.24) is 15.1 Å². The summed E-state index contributed by atoms with van der Waals surface area (Å²) in [5, 5.41) is 6.72. The maximum absolute atomic E-state index is 12.9. The summed E-state index contributed by atoms with van der Waals surface area (Å²) in [6.45, 7) is 1.60. The molecule has 5 heteroatoms. The number of likely N-dealkylation sites (tertiary alicyclic amines) is 1. The monoisotopic (exact) mass is 245 g/mol. The summed E-state index contributed by atoms with van der Waals surface area (Å²) in [6, 6.07) is 6.01. The maximum Gasteiger partial charge on any atom is 0.257 e. The van der Waals surface area contributed by atoms with Gasteiger partial charge in [0.15, 0.2) is 0 Å². The lowest BCUT2D eigenvalue weighted by Crippen LogP contribution is -2.42. The average Bonchev–Trinajstić information content (AvgIpc) is 2.76. The minimum absolute atomic E-state index is 0.0191. The van der Waals surface area contributed by atoms with Crippen LogP contribution < -0.4 is 0 Å². The van der Waals surface area contributed by atoms with Gasteiger partial charge < -0.3 is 4.90 Å². The zero-order valence-corrected chi connectivity index (χ0v) is 9.69. The molecular weight excluding hydrogens is 233 g/mol. The Kier molecular flexibility index (Phi) is 2.59. The van der Waals surface area contributed by atoms with Crippen molar-refractivity contribution in [2.45, 2.75) is 6.42 Å². The lowest BCUT2D eigenvalue weighted by molar-refractivity contribution is 0.0652. The first-order chi connectivity index (χ1) is 8.75. The zero-order valence-electron chi connectivity index (χ0n) is 9.69. The number of H-pyrrole nitrogens is 1. The van der Waals surface area contributed by atoms with E-state index in [0.29, 0.717) is 11.3 Å². The van der Waals surface area contributed by atoms with Gasteiger partial charge in [-0.15, -0.1) is 0 Å². The van der Waals surface area contributed by atoms with Gasteiger partial charge >= 0.3 is 0 Å². The van der Waals surface area contributed by atoms with Gasteiger partial charge in [-0.05, 0) is 30.7 Å². The molecule has 1 amide bonds. The Bertz CT molecular complexity index is 572. The zero-order chi connectivity index (χ0) is 12.5. The molecule has 2 aromatic rings. The highest BCUT2D eigenvalue weighted by molar-refractivity contribution is 6.00. The van der Waals surface area contributed by atoms with Crippen LogP contribution >= 0.6 is 0 Å². The van der Waals surface area contributed by atoms with Gasteiger partial charge in [0.05, 0.1) is 17.5 Å². The summed E-state index contributed by atoms with van der Waals surface area (Å²) < 4.78 is 12.9. The van der Waals surface area contributed by atoms with Crippen LogP contribution in [0.5, 0.6) is 0 Å². The topological polar surface area (TPSA) is 49.0 Å². The number of amides is 1. The summed E-state index contributed by atoms with van der Waals surface area (Å²) >= 11 is 0. The number of nitrogens with zero attached hydrogens (tertiary/aromatic N) is 2. The first kappa shape index (κ1) is 11.0. The first-order valence-corrected chi connectivity index (χ1v) is 5.84. The highest BCUT2D eigenvalue weighted by atomic mass is 19.1. The van der Waals surface area contributed by atoms with Crippen molar-refractivity contribution in [2.24, 2.45) is 0 Å². The van der Waals surface area contributed by atoms with Crippen molar-refractivity contribution in [2.75, 3.05) is 13.1 Å². The molecule has 0 atom stereocenters. The number of carbonyl (C=O) groups excluding carboxylic acids is 1. The van der Waals surface area contributed by atoms with Crippen LogP contribution in [-0.2, 0) is 0 Å². The predicted molar refractivity (Wildman–Crippen MR) is 64.5 cm³/mol. The van der Waals surface area contributed by atoms with Gasteiger partial charge in [-0.3, -0.25) is 9.89 Å². The highest BCUT2D eigenvalue weighted by Gasteiger charge is 2.25. The van der Waals surface area contributed by atoms with Crippen LogP contribution in [0.15, 0.2) is 30.5 Å². The number of hydrogen-bond acceptors (Lipinski definition) is 2. The Morgan fingerprint density at radius 3 is 2.61 bits per heavy atom. The van der Waals surface area contributed by atoms with Crippen LogP contribution in [0.2, 0.25) is 0 Å². The number of aromatic amines is 1. The molecular formula is C13H12FN3O. The normalized spacial score (nSPS) is 14.4. The fraction of sp³-hybridized carbons (Fsp3) is 0.231. The van der Waals surface area contributed by atoms with Crippen LogP contribution in [-0.4, -0.2) is 34.1 Å². The van der Waals surface area contributed by atoms with Crippen molar-refractivity contribution in [3.05, 3.63) is 41.8 Å². The molecule has 3 rings (SSSR count). The summed E-state index contributed by atoms with van der Waals surface area (Å²) in [5.41, 5.74) is 1.95. The molecule has 0 radical (unpaired) electrons. The summed E-state index contributed by atoms with van der Waals surface area (Å²) in [7, 11) is 0. The molecule has 1 aromatic heterocycles. The van der Waals surface area contributed by atoms with E-state index in [1.807, 2.05) is 0 Å². The van der Waals surface area contributed by atoms with E-state index in [4.69, 9.17) is 0 Å². The number of rotatable bonds is 2. The molecule has 92 valence electrons. The van der Waals surface area contributed by atoms with Crippen LogP contribution in [0, 0.1) is 5.82 Å². The van der Waals surface area contributed by atoms with Crippen molar-refractivity contribution in [3.8, 4) is 11.3 Å². The van der Waals surface area contributed by atoms with Crippen molar-refractivity contribution < 1.29 is 9.18 Å². The number of carbonyl (C=O) groups is 1. The lowest BCUT2D eigenvalue weighted by atomic mass is 10.1. The highest BCUT2D eigenvalue weighted by Crippen LogP contribution is 2.23. The number of aromatic nitrogens is 2. The van der Waals surface area contributed by atoms with Gasteiger partial charge in [-0.2, -0.15) is 5.10 Å². The van der Waals surface area contributed by atoms with E-state index in [1.165, 1.54) is 18.3 Å². The van der Waals surface area contributed by atoms with E-state index in [9.17, 15) is 9.18 Å². The molecule has 18 heavy (non-hydrogen) atoms. The summed E-state index contributed by atoms with van der Waals surface area (Å²) in [5.74, 6) is -0.316. The van der Waals surface area contributed by atoms with Gasteiger partial charge in [-0.25, -0.2) is 4.39 Å². The SMILES string of the molecule is O=C(c1cn[nH]c1-c1ccc(F)cc1)N1CCC1. The van der Waals surface area contributed by atoms with E-state index in [2.05, 4.69) is 10.2 Å². The van der Waals surface area contributed by atoms with Crippen LogP contribution in [0.3, 0.4) is 0 Å². The Morgan fingerprint density at radius 1 is 1.28 bits per heavy atom. The molecule has 4 nitrogen and oxygen atoms in total. The second-order valence-corrected chi connectivity index (χ2v) is 4.31. The Labute approximate surface area is 103 Å². The molecule has 1 aliphatic heterocycles. The Balaban J connectivity index is 1.95. The molecule has 1 aliphatic rings. The second-order valence-electron chi connectivity index (χ2n) is 4.31. The van der Waals surface area contributed by atoms with E-state index in [0.717, 1.165) is 25.1 Å². The average molecular weight is 245 g/mol. The quantitative estimate of drug-likeness (QED) is 0.880. The van der Waals surface area contributed by atoms with Gasteiger partial charge in [0.1, 0.15) is 5.82 Å². The fourth-order valence-electron chi connectivity index (χ4n) is 1.97. The number of nitrogens with one attached hydrogen (secondary N) is 1. The van der Waals surface area contributed by atoms with E-state index in [-0.39, 0.29) is 11.7 Å². The Morgan fingerprint density at radius 2 is 2.00 bits per heavy atom. The lowest BCUT2D eigenvalue weighted by Gasteiger charge is -2.30. The third kappa shape index (κ3) is 1.77. The van der Waals surface area contributed by atoms with E-state index in [1.54, 1.807) is 17.0 Å². The summed E-state index contributed by atoms with van der Waals surface area (Å²) in [6.07, 6.45) is 2.58. The van der Waals surface area contributed by atoms with Crippen LogP contribution in [0.1, 0.15) is 16.8 Å². The minimum atomic E-state index is -0.297. The predicted octanol–water partition coefficient (Wildman–Crippen LogP) is 2.06. The van der Waals surface area contributed by atoms with Gasteiger partial charge in [-0.1, -0.05) is 0 Å². The molecule has 0 spiro atoms. The molecule has 0 unspecified atom stereocenters. The van der Waals surface area contributed by atoms with E-state index >= 15 is 0 Å². The Hall–Kier alpha value is -2.17. The van der Waals surface area contributed by atoms with Gasteiger partial charge in [0, 0.05) is 18.7 Å². The van der Waals surface area contributed by atoms with Crippen LogP contribution in [0.25, 0.3) is 11.3 Å². The molecule has 2 heterocycles. The maximum atomic E-state index is 12.9. The summed E-state index contributed by atoms with van der Waals surface area (Å²) in [4.78, 5) is 13.9. The number of hydrogen-bond donors (Lipinski definition) is 1. The minimum Gasteiger partial charge on any atom is -0.338 e. The first-order valence-electron chi connectivity index (χ1n) is 5.84. The third-order valence-electron chi connectivity index (χ3n) is 3.15. The largest absolute Gasteiger partial charge is 0.338 e. The molecule has 1 N–H and O–H groups in total.